The number of pyridine rings is 2. The first-order chi connectivity index (χ1) is 16.0. The lowest BCUT2D eigenvalue weighted by Gasteiger charge is -2.18. The number of alkyl halides is 3. The Hall–Kier alpha value is -3.34. The lowest BCUT2D eigenvalue weighted by atomic mass is 10.1. The van der Waals surface area contributed by atoms with E-state index in [4.69, 9.17) is 6.85 Å². The Morgan fingerprint density at radius 1 is 1.13 bits per heavy atom. The molecule has 8 nitrogen and oxygen atoms in total. The number of halogens is 3. The molecule has 30 heavy (non-hydrogen) atoms. The van der Waals surface area contributed by atoms with Crippen molar-refractivity contribution in [2.45, 2.75) is 32.5 Å². The minimum absolute atomic E-state index is 0.124. The number of anilines is 3. The van der Waals surface area contributed by atoms with Crippen LogP contribution >= 0.6 is 0 Å². The molecule has 0 unspecified atom stereocenters. The van der Waals surface area contributed by atoms with E-state index in [1.165, 1.54) is 26.8 Å². The van der Waals surface area contributed by atoms with E-state index in [2.05, 4.69) is 35.6 Å². The minimum Gasteiger partial charge on any atom is -0.389 e. The summed E-state index contributed by atoms with van der Waals surface area (Å²) in [6.45, 7) is 1.32. The fourth-order valence-electron chi connectivity index (χ4n) is 2.11. The van der Waals surface area contributed by atoms with Gasteiger partial charge in [-0.05, 0) is 45.0 Å². The number of aryl methyl sites for hydroxylation is 1. The van der Waals surface area contributed by atoms with Crippen molar-refractivity contribution in [2.75, 3.05) is 17.1 Å². The highest BCUT2D eigenvalue weighted by atomic mass is 19.4. The van der Waals surface area contributed by atoms with Crippen LogP contribution < -0.4 is 10.6 Å². The molecule has 11 heteroatoms. The molecule has 0 aromatic carbocycles. The van der Waals surface area contributed by atoms with Gasteiger partial charge in [0.25, 0.3) is 0 Å². The zero-order chi connectivity index (χ0) is 26.3. The topological polar surface area (TPSA) is 109 Å². The van der Waals surface area contributed by atoms with Crippen LogP contribution in [0.1, 0.15) is 32.1 Å². The number of hydrogen-bond acceptors (Lipinski definition) is 8. The molecule has 0 bridgehead atoms. The normalized spacial score (nSPS) is 14.8. The molecule has 0 atom stereocenters. The summed E-state index contributed by atoms with van der Waals surface area (Å²) in [6.07, 6.45) is -5.19. The highest BCUT2D eigenvalue weighted by molar-refractivity contribution is 5.59. The summed E-state index contributed by atoms with van der Waals surface area (Å²) in [4.78, 5) is 19.2. The molecule has 0 aliphatic rings. The van der Waals surface area contributed by atoms with E-state index in [1.54, 1.807) is 0 Å². The molecule has 0 spiro atoms. The maximum Gasteiger partial charge on any atom is 0.433 e. The Morgan fingerprint density at radius 2 is 1.87 bits per heavy atom. The predicted octanol–water partition coefficient (Wildman–Crippen LogP) is 3.58. The maximum absolute atomic E-state index is 13.2. The molecule has 0 aliphatic carbocycles. The van der Waals surface area contributed by atoms with Gasteiger partial charge in [-0.1, -0.05) is 6.07 Å². The van der Waals surface area contributed by atoms with Crippen molar-refractivity contribution in [3.63, 3.8) is 0 Å². The SMILES string of the molecule is [2H]c1nc(C)c([2H])c(Nc2nc(NC([2H])([2H])C(C)(C)O)nc(-c3cccc(C(F)(F)F)n3)n2)c1[2H]. The molecule has 0 radical (unpaired) electrons. The van der Waals surface area contributed by atoms with E-state index in [1.807, 2.05) is 0 Å². The molecule has 3 rings (SSSR count). The number of rotatable bonds is 6. The third-order valence-corrected chi connectivity index (χ3v) is 3.33. The summed E-state index contributed by atoms with van der Waals surface area (Å²) in [6, 6.07) is 2.35. The summed E-state index contributed by atoms with van der Waals surface area (Å²) in [5, 5.41) is 15.0. The van der Waals surface area contributed by atoms with Gasteiger partial charge < -0.3 is 15.7 Å². The van der Waals surface area contributed by atoms with E-state index in [0.717, 1.165) is 12.1 Å². The zero-order valence-corrected chi connectivity index (χ0v) is 16.0. The summed E-state index contributed by atoms with van der Waals surface area (Å²) in [5.41, 5.74) is -3.53. The number of aliphatic hydroxyl groups is 1. The smallest absolute Gasteiger partial charge is 0.389 e. The van der Waals surface area contributed by atoms with Gasteiger partial charge in [-0.15, -0.1) is 0 Å². The van der Waals surface area contributed by atoms with E-state index in [-0.39, 0.29) is 29.1 Å². The summed E-state index contributed by atoms with van der Waals surface area (Å²) >= 11 is 0. The van der Waals surface area contributed by atoms with Crippen molar-refractivity contribution in [1.82, 2.24) is 24.9 Å². The molecular weight excluding hydrogens is 399 g/mol. The van der Waals surface area contributed by atoms with Crippen molar-refractivity contribution >= 4 is 17.6 Å². The first-order valence-electron chi connectivity index (χ1n) is 11.0. The van der Waals surface area contributed by atoms with Crippen LogP contribution in [0.25, 0.3) is 11.5 Å². The van der Waals surface area contributed by atoms with Gasteiger partial charge in [0.05, 0.1) is 12.5 Å². The maximum atomic E-state index is 13.2. The van der Waals surface area contributed by atoms with Crippen molar-refractivity contribution in [2.24, 2.45) is 0 Å². The van der Waals surface area contributed by atoms with Crippen molar-refractivity contribution in [1.29, 1.82) is 0 Å². The van der Waals surface area contributed by atoms with Gasteiger partial charge in [0.1, 0.15) is 11.4 Å². The molecular formula is C19H20F3N7O. The predicted molar refractivity (Wildman–Crippen MR) is 105 cm³/mol. The van der Waals surface area contributed by atoms with Gasteiger partial charge >= 0.3 is 6.18 Å². The fraction of sp³-hybridized carbons (Fsp3) is 0.316. The van der Waals surface area contributed by atoms with E-state index < -0.39 is 48.0 Å². The van der Waals surface area contributed by atoms with Crippen molar-refractivity contribution in [3.8, 4) is 11.5 Å². The zero-order valence-electron chi connectivity index (χ0n) is 21.0. The van der Waals surface area contributed by atoms with Crippen LogP contribution in [0.15, 0.2) is 36.5 Å². The standard InChI is InChI=1S/C19H20F3N7O/c1-11-9-12(7-8-23-11)25-17-28-15(27-16(29-17)24-10-18(2,3)30)13-5-4-6-14(26-13)19(20,21)22/h4-9,30H,10H2,1-3H3,(H2,23,24,25,27,28,29)/i7D,8D,9D,10D2. The molecule has 0 aliphatic heterocycles. The number of nitrogens with one attached hydrogen (secondary N) is 2. The average molecular weight is 424 g/mol. The van der Waals surface area contributed by atoms with E-state index >= 15 is 0 Å². The highest BCUT2D eigenvalue weighted by Crippen LogP contribution is 2.29. The molecule has 158 valence electrons. The van der Waals surface area contributed by atoms with Gasteiger partial charge in [0.15, 0.2) is 5.82 Å². The first kappa shape index (κ1) is 15.5. The molecule has 3 aromatic rings. The lowest BCUT2D eigenvalue weighted by Crippen LogP contribution is -2.30. The van der Waals surface area contributed by atoms with Gasteiger partial charge in [-0.25, -0.2) is 4.98 Å². The van der Waals surface area contributed by atoms with Gasteiger partial charge in [-0.2, -0.15) is 28.1 Å². The van der Waals surface area contributed by atoms with Crippen LogP contribution in [-0.4, -0.2) is 42.1 Å². The lowest BCUT2D eigenvalue weighted by molar-refractivity contribution is -0.141. The monoisotopic (exact) mass is 424 g/mol. The average Bonchev–Trinajstić information content (AvgIpc) is 2.73. The number of hydrogen-bond donors (Lipinski definition) is 3. The van der Waals surface area contributed by atoms with E-state index in [0.29, 0.717) is 0 Å². The van der Waals surface area contributed by atoms with Crippen LogP contribution in [0.5, 0.6) is 0 Å². The molecule has 3 aromatic heterocycles. The molecule has 0 amide bonds. The number of aromatic nitrogens is 5. The second kappa shape index (κ2) is 8.19. The van der Waals surface area contributed by atoms with Crippen LogP contribution in [0, 0.1) is 6.92 Å². The Labute approximate surface area is 177 Å². The molecule has 0 saturated carbocycles. The first-order valence-corrected chi connectivity index (χ1v) is 8.52. The quantitative estimate of drug-likeness (QED) is 0.551. The summed E-state index contributed by atoms with van der Waals surface area (Å²) < 4.78 is 79.5. The van der Waals surface area contributed by atoms with Crippen LogP contribution in [0.3, 0.4) is 0 Å². The Morgan fingerprint density at radius 3 is 2.57 bits per heavy atom. The fourth-order valence-corrected chi connectivity index (χ4v) is 2.11. The van der Waals surface area contributed by atoms with Crippen molar-refractivity contribution in [3.05, 3.63) is 47.8 Å². The van der Waals surface area contributed by atoms with E-state index in [9.17, 15) is 18.3 Å². The highest BCUT2D eigenvalue weighted by Gasteiger charge is 2.32. The Bertz CT molecular complexity index is 1240. The Kier molecular flexibility index (Phi) is 4.23. The minimum atomic E-state index is -4.75. The molecule has 3 N–H and O–H groups in total. The van der Waals surface area contributed by atoms with Crippen LogP contribution in [0.4, 0.5) is 30.8 Å². The van der Waals surface area contributed by atoms with Crippen LogP contribution in [0.2, 0.25) is 0 Å². The Balaban J connectivity index is 2.17. The number of nitrogens with zero attached hydrogens (tertiary/aromatic N) is 5. The van der Waals surface area contributed by atoms with Gasteiger partial charge in [-0.3, -0.25) is 4.98 Å². The largest absolute Gasteiger partial charge is 0.433 e. The molecule has 0 saturated heterocycles. The second-order valence-corrected chi connectivity index (χ2v) is 6.58. The third-order valence-electron chi connectivity index (χ3n) is 3.33. The summed E-state index contributed by atoms with van der Waals surface area (Å²) in [5.74, 6) is -1.24. The van der Waals surface area contributed by atoms with Gasteiger partial charge in [0, 0.05) is 24.1 Å². The van der Waals surface area contributed by atoms with Gasteiger partial charge in [0.2, 0.25) is 11.9 Å². The van der Waals surface area contributed by atoms with Crippen molar-refractivity contribution < 1.29 is 25.1 Å². The second-order valence-electron chi connectivity index (χ2n) is 6.58. The van der Waals surface area contributed by atoms with Crippen LogP contribution in [-0.2, 0) is 6.18 Å². The summed E-state index contributed by atoms with van der Waals surface area (Å²) in [7, 11) is 0. The third kappa shape index (κ3) is 5.83. The molecule has 3 heterocycles. The molecule has 0 fully saturated rings.